The van der Waals surface area contributed by atoms with E-state index in [-0.39, 0.29) is 12.7 Å². The van der Waals surface area contributed by atoms with Crippen molar-refractivity contribution in [2.45, 2.75) is 25.0 Å². The summed E-state index contributed by atoms with van der Waals surface area (Å²) in [5.41, 5.74) is -2.35. The number of aldehydes is 1. The summed E-state index contributed by atoms with van der Waals surface area (Å²) in [4.78, 5) is 21.1. The number of Topliss-reactive ketones (excluding diaryl/α,β-unsaturated/α-hetero) is 1. The highest BCUT2D eigenvalue weighted by molar-refractivity contribution is 6.01. The Balaban J connectivity index is 4.32. The Morgan fingerprint density at radius 1 is 1.67 bits per heavy atom. The van der Waals surface area contributed by atoms with Crippen LogP contribution < -0.4 is 0 Å². The largest absolute Gasteiger partial charge is 0.393 e. The molecule has 0 aliphatic heterocycles. The molecule has 0 spiro atoms. The van der Waals surface area contributed by atoms with Crippen molar-refractivity contribution >= 4 is 12.1 Å². The lowest BCUT2D eigenvalue weighted by atomic mass is 9.97. The van der Waals surface area contributed by atoms with Crippen molar-refractivity contribution < 1.29 is 24.9 Å². The van der Waals surface area contributed by atoms with Crippen LogP contribution in [0.25, 0.3) is 0 Å². The zero-order chi connectivity index (χ0) is 9.78. The van der Waals surface area contributed by atoms with Gasteiger partial charge in [-0.15, -0.1) is 0 Å². The van der Waals surface area contributed by atoms with Crippen molar-refractivity contribution in [2.24, 2.45) is 0 Å². The molecular weight excluding hydrogens is 164 g/mol. The standard InChI is InChI=1S/C7H12O5/c1-5(10)2-6(11)7(12,3-8)4-9/h3,5,9-10,12H,2,4H2,1H3. The van der Waals surface area contributed by atoms with Crippen molar-refractivity contribution in [1.82, 2.24) is 0 Å². The van der Waals surface area contributed by atoms with Crippen LogP contribution in [0.15, 0.2) is 0 Å². The first-order chi connectivity index (χ1) is 5.46. The maximum absolute atomic E-state index is 10.9. The van der Waals surface area contributed by atoms with Gasteiger partial charge in [-0.3, -0.25) is 9.59 Å². The van der Waals surface area contributed by atoms with E-state index in [1.54, 1.807) is 0 Å². The van der Waals surface area contributed by atoms with Gasteiger partial charge < -0.3 is 15.3 Å². The summed E-state index contributed by atoms with van der Waals surface area (Å²) < 4.78 is 0. The van der Waals surface area contributed by atoms with Gasteiger partial charge in [-0.1, -0.05) is 0 Å². The van der Waals surface area contributed by atoms with E-state index in [9.17, 15) is 9.59 Å². The van der Waals surface area contributed by atoms with E-state index in [1.165, 1.54) is 6.92 Å². The number of ketones is 1. The number of rotatable bonds is 5. The quantitative estimate of drug-likeness (QED) is 0.341. The zero-order valence-electron chi connectivity index (χ0n) is 6.73. The SMILES string of the molecule is CC(O)CC(=O)C(O)(C=O)CO. The Hall–Kier alpha value is -0.780. The Morgan fingerprint density at radius 3 is 2.42 bits per heavy atom. The summed E-state index contributed by atoms with van der Waals surface area (Å²) in [6.45, 7) is 0.391. The van der Waals surface area contributed by atoms with Gasteiger partial charge in [-0.25, -0.2) is 0 Å². The molecule has 3 N–H and O–H groups in total. The molecule has 0 bridgehead atoms. The molecule has 0 aliphatic carbocycles. The molecule has 0 aromatic rings. The minimum absolute atomic E-state index is 0.0300. The van der Waals surface area contributed by atoms with Crippen LogP contribution in [0.1, 0.15) is 13.3 Å². The topological polar surface area (TPSA) is 94.8 Å². The number of carbonyl (C=O) groups is 2. The third kappa shape index (κ3) is 2.69. The molecule has 0 amide bonds. The summed E-state index contributed by atoms with van der Waals surface area (Å²) in [7, 11) is 0. The van der Waals surface area contributed by atoms with E-state index in [0.29, 0.717) is 0 Å². The molecule has 2 atom stereocenters. The fraction of sp³-hybridized carbons (Fsp3) is 0.714. The van der Waals surface area contributed by atoms with E-state index >= 15 is 0 Å². The van der Waals surface area contributed by atoms with E-state index in [1.807, 2.05) is 0 Å². The summed E-state index contributed by atoms with van der Waals surface area (Å²) in [6, 6.07) is 0. The first-order valence-corrected chi connectivity index (χ1v) is 3.47. The van der Waals surface area contributed by atoms with Crippen molar-refractivity contribution in [3.8, 4) is 0 Å². The third-order valence-electron chi connectivity index (χ3n) is 1.40. The number of carbonyl (C=O) groups excluding carboxylic acids is 2. The van der Waals surface area contributed by atoms with Gasteiger partial charge >= 0.3 is 0 Å². The van der Waals surface area contributed by atoms with Gasteiger partial charge in [0.05, 0.1) is 12.7 Å². The Bertz CT molecular complexity index is 177. The van der Waals surface area contributed by atoms with Crippen LogP contribution in [0.3, 0.4) is 0 Å². The average molecular weight is 176 g/mol. The van der Waals surface area contributed by atoms with Gasteiger partial charge in [0.1, 0.15) is 0 Å². The zero-order valence-corrected chi connectivity index (χ0v) is 6.73. The molecule has 5 heteroatoms. The van der Waals surface area contributed by atoms with Gasteiger partial charge in [0, 0.05) is 6.42 Å². The third-order valence-corrected chi connectivity index (χ3v) is 1.40. The second-order valence-corrected chi connectivity index (χ2v) is 2.68. The first-order valence-electron chi connectivity index (χ1n) is 3.47. The predicted molar refractivity (Wildman–Crippen MR) is 39.4 cm³/mol. The molecule has 0 aromatic carbocycles. The molecule has 0 heterocycles. The molecule has 5 nitrogen and oxygen atoms in total. The molecular formula is C7H12O5. The van der Waals surface area contributed by atoms with Gasteiger partial charge in [-0.05, 0) is 6.92 Å². The van der Waals surface area contributed by atoms with E-state index in [2.05, 4.69) is 0 Å². The lowest BCUT2D eigenvalue weighted by Gasteiger charge is -2.17. The number of aliphatic hydroxyl groups is 3. The number of hydrogen-bond donors (Lipinski definition) is 3. The Labute approximate surface area is 69.6 Å². The maximum atomic E-state index is 10.9. The van der Waals surface area contributed by atoms with Crippen molar-refractivity contribution in [1.29, 1.82) is 0 Å². The number of hydrogen-bond acceptors (Lipinski definition) is 5. The number of aliphatic hydroxyl groups excluding tert-OH is 2. The van der Waals surface area contributed by atoms with Crippen LogP contribution in [0.5, 0.6) is 0 Å². The van der Waals surface area contributed by atoms with Crippen LogP contribution in [0, 0.1) is 0 Å². The van der Waals surface area contributed by atoms with E-state index < -0.39 is 24.1 Å². The van der Waals surface area contributed by atoms with Crippen LogP contribution in [-0.4, -0.2) is 45.7 Å². The van der Waals surface area contributed by atoms with Crippen molar-refractivity contribution in [3.63, 3.8) is 0 Å². The molecule has 0 saturated carbocycles. The van der Waals surface area contributed by atoms with Gasteiger partial charge in [0.2, 0.25) is 5.60 Å². The highest BCUT2D eigenvalue weighted by Gasteiger charge is 2.34. The van der Waals surface area contributed by atoms with Crippen LogP contribution in [-0.2, 0) is 9.59 Å². The molecule has 2 unspecified atom stereocenters. The minimum Gasteiger partial charge on any atom is -0.393 e. The summed E-state index contributed by atoms with van der Waals surface area (Å²) >= 11 is 0. The summed E-state index contributed by atoms with van der Waals surface area (Å²) in [5, 5.41) is 26.3. The van der Waals surface area contributed by atoms with E-state index in [0.717, 1.165) is 0 Å². The second kappa shape index (κ2) is 4.30. The van der Waals surface area contributed by atoms with Crippen LogP contribution in [0.4, 0.5) is 0 Å². The van der Waals surface area contributed by atoms with Gasteiger partial charge in [0.15, 0.2) is 12.1 Å². The van der Waals surface area contributed by atoms with E-state index in [4.69, 9.17) is 15.3 Å². The Kier molecular flexibility index (Phi) is 4.02. The molecule has 0 radical (unpaired) electrons. The fourth-order valence-corrected chi connectivity index (χ4v) is 0.636. The molecule has 0 fully saturated rings. The minimum atomic E-state index is -2.35. The predicted octanol–water partition coefficient (Wildman–Crippen LogP) is -1.75. The van der Waals surface area contributed by atoms with Crippen LogP contribution >= 0.6 is 0 Å². The normalized spacial score (nSPS) is 18.0. The first kappa shape index (κ1) is 11.2. The lowest BCUT2D eigenvalue weighted by molar-refractivity contribution is -0.149. The summed E-state index contributed by atoms with van der Waals surface area (Å²) in [5.74, 6) is -0.880. The van der Waals surface area contributed by atoms with Crippen LogP contribution in [0.2, 0.25) is 0 Å². The summed E-state index contributed by atoms with van der Waals surface area (Å²) in [6.07, 6.45) is -1.32. The molecule has 0 rings (SSSR count). The van der Waals surface area contributed by atoms with Gasteiger partial charge in [0.25, 0.3) is 0 Å². The van der Waals surface area contributed by atoms with Gasteiger partial charge in [-0.2, -0.15) is 0 Å². The fourth-order valence-electron chi connectivity index (χ4n) is 0.636. The molecule has 0 aliphatic rings. The highest BCUT2D eigenvalue weighted by Crippen LogP contribution is 2.06. The monoisotopic (exact) mass is 176 g/mol. The maximum Gasteiger partial charge on any atom is 0.201 e. The van der Waals surface area contributed by atoms with Crippen molar-refractivity contribution in [3.05, 3.63) is 0 Å². The van der Waals surface area contributed by atoms with Crippen molar-refractivity contribution in [2.75, 3.05) is 6.61 Å². The highest BCUT2D eigenvalue weighted by atomic mass is 16.3. The molecule has 0 saturated heterocycles. The second-order valence-electron chi connectivity index (χ2n) is 2.68. The lowest BCUT2D eigenvalue weighted by Crippen LogP contribution is -2.45. The Morgan fingerprint density at radius 2 is 2.17 bits per heavy atom. The smallest absolute Gasteiger partial charge is 0.201 e. The molecule has 0 aromatic heterocycles. The molecule has 12 heavy (non-hydrogen) atoms. The average Bonchev–Trinajstić information content (AvgIpc) is 2.02. The molecule has 70 valence electrons.